The van der Waals surface area contributed by atoms with E-state index in [1.165, 1.54) is 0 Å². The topological polar surface area (TPSA) is 98.0 Å². The Kier molecular flexibility index (Phi) is 10.0. The van der Waals surface area contributed by atoms with E-state index >= 15 is 0 Å². The highest BCUT2D eigenvalue weighted by atomic mass is 16.5. The molecule has 0 aliphatic rings. The minimum Gasteiger partial charge on any atom is -0.484 e. The highest BCUT2D eigenvalue weighted by molar-refractivity contribution is 5.79. The van der Waals surface area contributed by atoms with E-state index in [0.29, 0.717) is 12.3 Å². The lowest BCUT2D eigenvalue weighted by Gasteiger charge is -2.12. The number of carbonyl (C=O) groups is 1. The number of carbonyl (C=O) groups excluding carboxylic acids is 1. The molecule has 7 heteroatoms. The normalized spacial score (nSPS) is 11.2. The number of nitrogens with one attached hydrogen (secondary N) is 2. The summed E-state index contributed by atoms with van der Waals surface area (Å²) in [6.45, 7) is 4.88. The summed E-state index contributed by atoms with van der Waals surface area (Å²) < 4.78 is 10.6. The van der Waals surface area contributed by atoms with Crippen molar-refractivity contribution >= 4 is 11.9 Å². The van der Waals surface area contributed by atoms with Gasteiger partial charge in [0, 0.05) is 33.4 Å². The van der Waals surface area contributed by atoms with Crippen molar-refractivity contribution in [2.45, 2.75) is 26.3 Å². The first-order chi connectivity index (χ1) is 11.7. The van der Waals surface area contributed by atoms with Gasteiger partial charge in [0.2, 0.25) is 0 Å². The van der Waals surface area contributed by atoms with Crippen molar-refractivity contribution in [3.8, 4) is 5.75 Å². The maximum Gasteiger partial charge on any atom is 0.255 e. The first-order valence-electron chi connectivity index (χ1n) is 8.18. The summed E-state index contributed by atoms with van der Waals surface area (Å²) in [5.74, 6) is 0.870. The molecule has 0 heterocycles. The van der Waals surface area contributed by atoms with Crippen LogP contribution in [0.15, 0.2) is 29.3 Å². The van der Waals surface area contributed by atoms with E-state index in [0.717, 1.165) is 44.1 Å². The minimum atomic E-state index is -0.493. The number of nitrogens with zero attached hydrogens (tertiary/aromatic N) is 1. The Labute approximate surface area is 143 Å². The third-order valence-corrected chi connectivity index (χ3v) is 3.18. The van der Waals surface area contributed by atoms with E-state index in [1.54, 1.807) is 13.1 Å². The van der Waals surface area contributed by atoms with Gasteiger partial charge < -0.3 is 25.8 Å². The summed E-state index contributed by atoms with van der Waals surface area (Å²) in [7, 11) is 1.74. The predicted molar refractivity (Wildman–Crippen MR) is 95.1 cm³/mol. The number of amides is 1. The molecule has 1 aromatic carbocycles. The molecule has 1 rings (SSSR count). The van der Waals surface area contributed by atoms with Crippen LogP contribution in [0.5, 0.6) is 5.75 Å². The molecule has 0 bridgehead atoms. The van der Waals surface area contributed by atoms with Gasteiger partial charge in [0.05, 0.1) is 0 Å². The fourth-order valence-electron chi connectivity index (χ4n) is 1.99. The van der Waals surface area contributed by atoms with Gasteiger partial charge in [0.15, 0.2) is 12.6 Å². The van der Waals surface area contributed by atoms with Crippen molar-refractivity contribution in [2.75, 3.05) is 33.4 Å². The number of unbranched alkanes of at least 4 members (excludes halogenated alkanes) is 1. The largest absolute Gasteiger partial charge is 0.484 e. The Hall–Kier alpha value is -2.28. The van der Waals surface area contributed by atoms with Crippen molar-refractivity contribution < 1.29 is 14.3 Å². The molecule has 1 aromatic rings. The molecule has 0 fully saturated rings. The zero-order valence-electron chi connectivity index (χ0n) is 14.5. The zero-order chi connectivity index (χ0) is 17.6. The second kappa shape index (κ2) is 12.2. The lowest BCUT2D eigenvalue weighted by atomic mass is 10.2. The van der Waals surface area contributed by atoms with Crippen LogP contribution in [0.2, 0.25) is 0 Å². The molecule has 7 nitrogen and oxygen atoms in total. The predicted octanol–water partition coefficient (Wildman–Crippen LogP) is 1.03. The van der Waals surface area contributed by atoms with Gasteiger partial charge in [-0.1, -0.05) is 12.1 Å². The molecule has 0 unspecified atom stereocenters. The maximum absolute atomic E-state index is 10.7. The molecule has 0 saturated heterocycles. The van der Waals surface area contributed by atoms with Crippen molar-refractivity contribution in [3.05, 3.63) is 29.8 Å². The molecule has 0 atom stereocenters. The first-order valence-corrected chi connectivity index (χ1v) is 8.18. The highest BCUT2D eigenvalue weighted by Crippen LogP contribution is 2.12. The first kappa shape index (κ1) is 19.8. The van der Waals surface area contributed by atoms with E-state index in [4.69, 9.17) is 15.2 Å². The second-order valence-electron chi connectivity index (χ2n) is 5.16. The van der Waals surface area contributed by atoms with E-state index in [9.17, 15) is 4.79 Å². The van der Waals surface area contributed by atoms with Crippen LogP contribution >= 0.6 is 0 Å². The van der Waals surface area contributed by atoms with Gasteiger partial charge in [0.25, 0.3) is 5.91 Å². The quantitative estimate of drug-likeness (QED) is 0.318. The maximum atomic E-state index is 10.7. The number of benzene rings is 1. The van der Waals surface area contributed by atoms with Crippen LogP contribution in [-0.2, 0) is 16.1 Å². The number of ether oxygens (including phenoxy) is 2. The summed E-state index contributed by atoms with van der Waals surface area (Å²) in [6, 6.07) is 7.50. The van der Waals surface area contributed by atoms with Gasteiger partial charge in [-0.05, 0) is 37.5 Å². The van der Waals surface area contributed by atoms with Gasteiger partial charge in [-0.15, -0.1) is 0 Å². The Morgan fingerprint density at radius 1 is 1.29 bits per heavy atom. The Morgan fingerprint density at radius 2 is 2.12 bits per heavy atom. The third-order valence-electron chi connectivity index (χ3n) is 3.18. The van der Waals surface area contributed by atoms with Gasteiger partial charge in [-0.3, -0.25) is 9.79 Å². The van der Waals surface area contributed by atoms with Crippen LogP contribution in [0, 0.1) is 0 Å². The van der Waals surface area contributed by atoms with Gasteiger partial charge in [-0.25, -0.2) is 0 Å². The summed E-state index contributed by atoms with van der Waals surface area (Å²) in [5, 5.41) is 6.50. The highest BCUT2D eigenvalue weighted by Gasteiger charge is 2.01. The van der Waals surface area contributed by atoms with Gasteiger partial charge >= 0.3 is 0 Å². The lowest BCUT2D eigenvalue weighted by Crippen LogP contribution is -2.37. The average Bonchev–Trinajstić information content (AvgIpc) is 2.59. The van der Waals surface area contributed by atoms with Crippen molar-refractivity contribution in [3.63, 3.8) is 0 Å². The van der Waals surface area contributed by atoms with Gasteiger partial charge in [-0.2, -0.15) is 0 Å². The molecule has 0 saturated carbocycles. The molecule has 24 heavy (non-hydrogen) atoms. The number of aliphatic imine (C=N–C) groups is 1. The van der Waals surface area contributed by atoms with Crippen LogP contribution in [0.25, 0.3) is 0 Å². The van der Waals surface area contributed by atoms with E-state index in [2.05, 4.69) is 15.6 Å². The van der Waals surface area contributed by atoms with Crippen molar-refractivity contribution in [1.82, 2.24) is 10.6 Å². The van der Waals surface area contributed by atoms with E-state index < -0.39 is 5.91 Å². The molecule has 0 radical (unpaired) electrons. The zero-order valence-corrected chi connectivity index (χ0v) is 14.5. The summed E-state index contributed by atoms with van der Waals surface area (Å²) in [4.78, 5) is 14.9. The molecule has 134 valence electrons. The Balaban J connectivity index is 2.32. The molecule has 0 aliphatic heterocycles. The fraction of sp³-hybridized carbons (Fsp3) is 0.529. The molecular weight excluding hydrogens is 308 g/mol. The van der Waals surface area contributed by atoms with Crippen molar-refractivity contribution in [2.24, 2.45) is 10.7 Å². The van der Waals surface area contributed by atoms with Gasteiger partial charge in [0.1, 0.15) is 5.75 Å². The number of nitrogens with two attached hydrogens (primary N) is 1. The number of guanidine groups is 1. The lowest BCUT2D eigenvalue weighted by molar-refractivity contribution is -0.119. The standard InChI is InChI=1S/C17H28N4O3/c1-3-23-10-5-4-9-20-17(19-2)21-12-14-7-6-8-15(11-14)24-13-16(18)22/h6-8,11H,3-5,9-10,12-13H2,1-2H3,(H2,18,22)(H2,19,20,21). The smallest absolute Gasteiger partial charge is 0.255 e. The SMILES string of the molecule is CCOCCCCNC(=NC)NCc1cccc(OCC(N)=O)c1. The molecule has 0 aliphatic carbocycles. The Bertz CT molecular complexity index is 520. The summed E-state index contributed by atoms with van der Waals surface area (Å²) in [6.07, 6.45) is 2.05. The molecular formula is C17H28N4O3. The van der Waals surface area contributed by atoms with Crippen LogP contribution in [0.3, 0.4) is 0 Å². The van der Waals surface area contributed by atoms with E-state index in [-0.39, 0.29) is 6.61 Å². The number of primary amides is 1. The van der Waals surface area contributed by atoms with Crippen molar-refractivity contribution in [1.29, 1.82) is 0 Å². The van der Waals surface area contributed by atoms with Crippen LogP contribution in [0.1, 0.15) is 25.3 Å². The Morgan fingerprint density at radius 3 is 2.83 bits per heavy atom. The summed E-state index contributed by atoms with van der Waals surface area (Å²) in [5.41, 5.74) is 6.10. The summed E-state index contributed by atoms with van der Waals surface area (Å²) >= 11 is 0. The molecule has 1 amide bonds. The third kappa shape index (κ3) is 8.99. The monoisotopic (exact) mass is 336 g/mol. The second-order valence-corrected chi connectivity index (χ2v) is 5.16. The minimum absolute atomic E-state index is 0.123. The average molecular weight is 336 g/mol. The molecule has 4 N–H and O–H groups in total. The number of rotatable bonds is 11. The van der Waals surface area contributed by atoms with Crippen LogP contribution < -0.4 is 21.1 Å². The van der Waals surface area contributed by atoms with Crippen LogP contribution in [-0.4, -0.2) is 45.3 Å². The number of hydrogen-bond donors (Lipinski definition) is 3. The van der Waals surface area contributed by atoms with Crippen LogP contribution in [0.4, 0.5) is 0 Å². The molecule has 0 aromatic heterocycles. The molecule has 0 spiro atoms. The van der Waals surface area contributed by atoms with E-state index in [1.807, 2.05) is 25.1 Å². The fourth-order valence-corrected chi connectivity index (χ4v) is 1.99. The number of hydrogen-bond acceptors (Lipinski definition) is 4.